The summed E-state index contributed by atoms with van der Waals surface area (Å²) in [6.45, 7) is 2.31. The van der Waals surface area contributed by atoms with Crippen molar-refractivity contribution in [1.29, 1.82) is 0 Å². The highest BCUT2D eigenvalue weighted by Crippen LogP contribution is 2.31. The molecule has 0 aromatic carbocycles. The SMILES string of the molecule is C[C@@]12N[C@@](CO)(CO[C@@H]1O)CO2. The Kier molecular flexibility index (Phi) is 1.68. The average Bonchev–Trinajstić information content (AvgIpc) is 2.36. The standard InChI is InChI=1S/C7H13NO4/c1-6-5(10)11-3-7(2-9,8-6)4-12-6/h5,8-10H,2-4H2,1H3/t5-,6-,7-/m0/s1. The maximum atomic E-state index is 9.37. The quantitative estimate of drug-likeness (QED) is 0.448. The van der Waals surface area contributed by atoms with E-state index in [1.54, 1.807) is 6.92 Å². The lowest BCUT2D eigenvalue weighted by Crippen LogP contribution is -2.65. The van der Waals surface area contributed by atoms with Crippen molar-refractivity contribution < 1.29 is 19.7 Å². The molecule has 2 rings (SSSR count). The van der Waals surface area contributed by atoms with E-state index in [0.29, 0.717) is 6.61 Å². The summed E-state index contributed by atoms with van der Waals surface area (Å²) >= 11 is 0. The molecule has 0 aromatic heterocycles. The Balaban J connectivity index is 2.20. The van der Waals surface area contributed by atoms with E-state index in [-0.39, 0.29) is 13.2 Å². The van der Waals surface area contributed by atoms with Crippen LogP contribution in [-0.4, -0.2) is 47.6 Å². The molecule has 3 N–H and O–H groups in total. The molecule has 0 aromatic rings. The van der Waals surface area contributed by atoms with Crippen LogP contribution in [-0.2, 0) is 9.47 Å². The van der Waals surface area contributed by atoms with Crippen molar-refractivity contribution in [3.63, 3.8) is 0 Å². The van der Waals surface area contributed by atoms with Crippen molar-refractivity contribution in [3.05, 3.63) is 0 Å². The van der Waals surface area contributed by atoms with Crippen molar-refractivity contribution in [2.24, 2.45) is 0 Å². The molecule has 12 heavy (non-hydrogen) atoms. The zero-order valence-corrected chi connectivity index (χ0v) is 6.91. The number of aliphatic hydroxyl groups excluding tert-OH is 2. The van der Waals surface area contributed by atoms with Gasteiger partial charge in [-0.3, -0.25) is 5.32 Å². The fourth-order valence-electron chi connectivity index (χ4n) is 1.63. The van der Waals surface area contributed by atoms with Gasteiger partial charge in [0.2, 0.25) is 0 Å². The van der Waals surface area contributed by atoms with Crippen LogP contribution < -0.4 is 5.32 Å². The van der Waals surface area contributed by atoms with Crippen LogP contribution in [0.5, 0.6) is 0 Å². The Labute approximate surface area is 70.3 Å². The van der Waals surface area contributed by atoms with E-state index in [4.69, 9.17) is 14.6 Å². The van der Waals surface area contributed by atoms with Crippen LogP contribution in [0.1, 0.15) is 6.92 Å². The summed E-state index contributed by atoms with van der Waals surface area (Å²) in [6, 6.07) is 0. The normalized spacial score (nSPS) is 52.8. The molecule has 70 valence electrons. The maximum Gasteiger partial charge on any atom is 0.197 e. The number of morpholine rings is 1. The topological polar surface area (TPSA) is 71.0 Å². The molecule has 2 heterocycles. The third kappa shape index (κ3) is 0.982. The monoisotopic (exact) mass is 175 g/mol. The summed E-state index contributed by atoms with van der Waals surface area (Å²) < 4.78 is 10.4. The molecule has 0 radical (unpaired) electrons. The van der Waals surface area contributed by atoms with E-state index < -0.39 is 17.6 Å². The maximum absolute atomic E-state index is 9.37. The van der Waals surface area contributed by atoms with Crippen LogP contribution in [0.4, 0.5) is 0 Å². The van der Waals surface area contributed by atoms with Crippen molar-refractivity contribution in [3.8, 4) is 0 Å². The van der Waals surface area contributed by atoms with Crippen LogP contribution in [0.2, 0.25) is 0 Å². The molecule has 2 aliphatic rings. The number of hydrogen-bond acceptors (Lipinski definition) is 5. The number of aliphatic hydroxyl groups is 2. The summed E-state index contributed by atoms with van der Waals surface area (Å²) in [5.41, 5.74) is -1.38. The fraction of sp³-hybridized carbons (Fsp3) is 1.00. The van der Waals surface area contributed by atoms with Gasteiger partial charge in [0.05, 0.1) is 25.4 Å². The zero-order chi connectivity index (χ0) is 8.82. The van der Waals surface area contributed by atoms with Gasteiger partial charge in [0.1, 0.15) is 0 Å². The molecular weight excluding hydrogens is 162 g/mol. The van der Waals surface area contributed by atoms with Crippen LogP contribution >= 0.6 is 0 Å². The molecule has 0 unspecified atom stereocenters. The van der Waals surface area contributed by atoms with Crippen molar-refractivity contribution in [1.82, 2.24) is 5.32 Å². The molecule has 0 amide bonds. The molecule has 0 saturated carbocycles. The van der Waals surface area contributed by atoms with E-state index >= 15 is 0 Å². The summed E-state index contributed by atoms with van der Waals surface area (Å²) in [5.74, 6) is 0. The Hall–Kier alpha value is -0.200. The molecule has 5 heteroatoms. The van der Waals surface area contributed by atoms with Crippen LogP contribution in [0.25, 0.3) is 0 Å². The summed E-state index contributed by atoms with van der Waals surface area (Å²) in [7, 11) is 0. The van der Waals surface area contributed by atoms with Gasteiger partial charge in [-0.05, 0) is 6.92 Å². The third-order valence-electron chi connectivity index (χ3n) is 2.45. The first-order valence-electron chi connectivity index (χ1n) is 3.94. The van der Waals surface area contributed by atoms with Gasteiger partial charge in [-0.15, -0.1) is 0 Å². The Morgan fingerprint density at radius 1 is 1.58 bits per heavy atom. The lowest BCUT2D eigenvalue weighted by molar-refractivity contribution is -0.232. The number of hydrogen-bond donors (Lipinski definition) is 3. The van der Waals surface area contributed by atoms with Crippen molar-refractivity contribution in [2.45, 2.75) is 24.5 Å². The fourth-order valence-corrected chi connectivity index (χ4v) is 1.63. The van der Waals surface area contributed by atoms with Crippen LogP contribution in [0, 0.1) is 0 Å². The molecule has 5 nitrogen and oxygen atoms in total. The van der Waals surface area contributed by atoms with Gasteiger partial charge in [0, 0.05) is 0 Å². The van der Waals surface area contributed by atoms with Crippen molar-refractivity contribution >= 4 is 0 Å². The first kappa shape index (κ1) is 8.40. The molecular formula is C7H13NO4. The highest BCUT2D eigenvalue weighted by Gasteiger charge is 2.54. The number of ether oxygens (including phenoxy) is 2. The minimum Gasteiger partial charge on any atom is -0.394 e. The van der Waals surface area contributed by atoms with Gasteiger partial charge < -0.3 is 19.7 Å². The second kappa shape index (κ2) is 2.40. The molecule has 3 atom stereocenters. The van der Waals surface area contributed by atoms with E-state index in [1.807, 2.05) is 0 Å². The van der Waals surface area contributed by atoms with Crippen LogP contribution in [0.3, 0.4) is 0 Å². The Morgan fingerprint density at radius 2 is 2.33 bits per heavy atom. The van der Waals surface area contributed by atoms with Gasteiger partial charge in [-0.2, -0.15) is 0 Å². The van der Waals surface area contributed by atoms with E-state index in [1.165, 1.54) is 0 Å². The average molecular weight is 175 g/mol. The highest BCUT2D eigenvalue weighted by atomic mass is 16.7. The van der Waals surface area contributed by atoms with E-state index in [2.05, 4.69) is 5.32 Å². The lowest BCUT2D eigenvalue weighted by Gasteiger charge is -2.38. The molecule has 0 spiro atoms. The summed E-state index contributed by atoms with van der Waals surface area (Å²) in [4.78, 5) is 0. The van der Waals surface area contributed by atoms with Gasteiger partial charge in [0.15, 0.2) is 12.0 Å². The molecule has 2 fully saturated rings. The number of rotatable bonds is 1. The van der Waals surface area contributed by atoms with Crippen LogP contribution in [0.15, 0.2) is 0 Å². The van der Waals surface area contributed by atoms with Crippen molar-refractivity contribution in [2.75, 3.05) is 19.8 Å². The van der Waals surface area contributed by atoms with Gasteiger partial charge in [-0.1, -0.05) is 0 Å². The van der Waals surface area contributed by atoms with E-state index in [9.17, 15) is 5.11 Å². The van der Waals surface area contributed by atoms with Gasteiger partial charge in [0.25, 0.3) is 0 Å². The summed E-state index contributed by atoms with van der Waals surface area (Å²) in [6.07, 6.45) is -0.959. The first-order chi connectivity index (χ1) is 5.60. The highest BCUT2D eigenvalue weighted by molar-refractivity contribution is 5.02. The summed E-state index contributed by atoms with van der Waals surface area (Å²) in [5, 5.41) is 21.5. The number of fused-ring (bicyclic) bond motifs is 2. The molecule has 2 bridgehead atoms. The largest absolute Gasteiger partial charge is 0.394 e. The minimum absolute atomic E-state index is 0.0463. The predicted octanol–water partition coefficient (Wildman–Crippen LogP) is -1.60. The smallest absolute Gasteiger partial charge is 0.197 e. The second-order valence-corrected chi connectivity index (χ2v) is 3.62. The zero-order valence-electron chi connectivity index (χ0n) is 6.91. The first-order valence-corrected chi connectivity index (χ1v) is 3.94. The van der Waals surface area contributed by atoms with E-state index in [0.717, 1.165) is 0 Å². The Morgan fingerprint density at radius 3 is 3.00 bits per heavy atom. The molecule has 2 aliphatic heterocycles. The van der Waals surface area contributed by atoms with Gasteiger partial charge >= 0.3 is 0 Å². The molecule has 2 saturated heterocycles. The Bertz CT molecular complexity index is 191. The second-order valence-electron chi connectivity index (χ2n) is 3.62. The number of nitrogens with one attached hydrogen (secondary N) is 1. The van der Waals surface area contributed by atoms with Gasteiger partial charge in [-0.25, -0.2) is 0 Å². The lowest BCUT2D eigenvalue weighted by atomic mass is 10.0. The molecule has 0 aliphatic carbocycles. The third-order valence-corrected chi connectivity index (χ3v) is 2.45. The minimum atomic E-state index is -0.959. The predicted molar refractivity (Wildman–Crippen MR) is 39.3 cm³/mol.